The van der Waals surface area contributed by atoms with Gasteiger partial charge in [0.25, 0.3) is 5.91 Å². The number of piperidine rings is 1. The number of hydrogen-bond donors (Lipinski definition) is 2. The number of amides is 2. The molecule has 2 fully saturated rings. The first-order valence-electron chi connectivity index (χ1n) is 9.01. The first-order chi connectivity index (χ1) is 12.5. The van der Waals surface area contributed by atoms with E-state index in [1.807, 2.05) is 0 Å². The van der Waals surface area contributed by atoms with Crippen LogP contribution in [0.4, 0.5) is 0 Å². The second-order valence-corrected chi connectivity index (χ2v) is 7.51. The smallest absolute Gasteiger partial charge is 0.258 e. The second-order valence-electron chi connectivity index (χ2n) is 7.08. The minimum absolute atomic E-state index is 0.0368. The molecule has 1 saturated carbocycles. The highest BCUT2D eigenvalue weighted by atomic mass is 35.5. The van der Waals surface area contributed by atoms with Crippen molar-refractivity contribution in [3.63, 3.8) is 0 Å². The molecule has 3 rings (SSSR count). The van der Waals surface area contributed by atoms with Crippen LogP contribution in [0.2, 0.25) is 5.02 Å². The van der Waals surface area contributed by atoms with E-state index in [0.29, 0.717) is 29.7 Å². The molecule has 0 bridgehead atoms. The van der Waals surface area contributed by atoms with Crippen LogP contribution in [0.15, 0.2) is 24.3 Å². The van der Waals surface area contributed by atoms with E-state index in [2.05, 4.69) is 10.6 Å². The molecule has 7 heteroatoms. The van der Waals surface area contributed by atoms with E-state index in [0.717, 1.165) is 19.3 Å². The molecule has 2 N–H and O–H groups in total. The quantitative estimate of drug-likeness (QED) is 0.792. The lowest BCUT2D eigenvalue weighted by atomic mass is 9.71. The minimum atomic E-state index is -0.154. The van der Waals surface area contributed by atoms with Gasteiger partial charge >= 0.3 is 0 Å². The molecule has 1 aromatic carbocycles. The van der Waals surface area contributed by atoms with Crippen molar-refractivity contribution >= 4 is 23.4 Å². The Morgan fingerprint density at radius 1 is 1.31 bits per heavy atom. The predicted molar refractivity (Wildman–Crippen MR) is 98.1 cm³/mol. The van der Waals surface area contributed by atoms with Crippen molar-refractivity contribution in [2.24, 2.45) is 11.8 Å². The monoisotopic (exact) mass is 380 g/mol. The Balaban J connectivity index is 1.48. The van der Waals surface area contributed by atoms with Gasteiger partial charge in [0.1, 0.15) is 5.75 Å². The van der Waals surface area contributed by atoms with Crippen LogP contribution in [0.3, 0.4) is 0 Å². The van der Waals surface area contributed by atoms with Gasteiger partial charge in [-0.05, 0) is 55.4 Å². The molecule has 2 aliphatic rings. The third kappa shape index (κ3) is 4.89. The summed E-state index contributed by atoms with van der Waals surface area (Å²) in [5.41, 5.74) is 0. The van der Waals surface area contributed by atoms with Gasteiger partial charge in [0.2, 0.25) is 5.91 Å². The van der Waals surface area contributed by atoms with E-state index < -0.39 is 0 Å². The number of rotatable bonds is 6. The van der Waals surface area contributed by atoms with E-state index in [-0.39, 0.29) is 36.4 Å². The van der Waals surface area contributed by atoms with Crippen LogP contribution in [0.5, 0.6) is 5.75 Å². The SMILES string of the molecule is COCC1CC(=O)NC2CC(NC(=O)COc3ccc(Cl)cc3)CCC12. The van der Waals surface area contributed by atoms with E-state index in [1.54, 1.807) is 31.4 Å². The molecule has 1 aromatic rings. The van der Waals surface area contributed by atoms with Crippen LogP contribution in [0.1, 0.15) is 25.7 Å². The van der Waals surface area contributed by atoms with E-state index in [9.17, 15) is 9.59 Å². The van der Waals surface area contributed by atoms with Gasteiger partial charge in [0.15, 0.2) is 6.61 Å². The lowest BCUT2D eigenvalue weighted by Crippen LogP contribution is -2.56. The number of halogens is 1. The molecule has 6 nitrogen and oxygen atoms in total. The molecule has 26 heavy (non-hydrogen) atoms. The van der Waals surface area contributed by atoms with Crippen molar-refractivity contribution in [1.29, 1.82) is 0 Å². The highest BCUT2D eigenvalue weighted by Crippen LogP contribution is 2.35. The Morgan fingerprint density at radius 3 is 2.81 bits per heavy atom. The van der Waals surface area contributed by atoms with Crippen LogP contribution in [0.25, 0.3) is 0 Å². The molecule has 0 aromatic heterocycles. The summed E-state index contributed by atoms with van der Waals surface area (Å²) in [6, 6.07) is 7.06. The van der Waals surface area contributed by atoms with Crippen molar-refractivity contribution in [2.75, 3.05) is 20.3 Å². The number of ether oxygens (including phenoxy) is 2. The van der Waals surface area contributed by atoms with Gasteiger partial charge in [-0.1, -0.05) is 11.6 Å². The molecule has 0 spiro atoms. The zero-order valence-corrected chi connectivity index (χ0v) is 15.6. The summed E-state index contributed by atoms with van der Waals surface area (Å²) < 4.78 is 10.8. The molecule has 4 unspecified atom stereocenters. The van der Waals surface area contributed by atoms with E-state index >= 15 is 0 Å². The second kappa shape index (κ2) is 8.73. The Hall–Kier alpha value is -1.79. The Morgan fingerprint density at radius 2 is 2.08 bits per heavy atom. The predicted octanol–water partition coefficient (Wildman–Crippen LogP) is 2.15. The standard InChI is InChI=1S/C19H25ClN2O4/c1-25-10-12-8-18(23)22-17-9-14(4-7-16(12)17)21-19(24)11-26-15-5-2-13(20)3-6-15/h2-3,5-6,12,14,16-17H,4,7-11H2,1H3,(H,21,24)(H,22,23). The molecule has 1 aliphatic heterocycles. The van der Waals surface area contributed by atoms with Crippen molar-refractivity contribution in [2.45, 2.75) is 37.8 Å². The van der Waals surface area contributed by atoms with Gasteiger partial charge in [0.05, 0.1) is 0 Å². The van der Waals surface area contributed by atoms with Crippen LogP contribution >= 0.6 is 11.6 Å². The Kier molecular flexibility index (Phi) is 6.38. The first-order valence-corrected chi connectivity index (χ1v) is 9.39. The summed E-state index contributed by atoms with van der Waals surface area (Å²) >= 11 is 5.83. The molecule has 1 aliphatic carbocycles. The van der Waals surface area contributed by atoms with Crippen molar-refractivity contribution in [1.82, 2.24) is 10.6 Å². The number of benzene rings is 1. The molecule has 0 radical (unpaired) electrons. The van der Waals surface area contributed by atoms with E-state index in [4.69, 9.17) is 21.1 Å². The van der Waals surface area contributed by atoms with Crippen LogP contribution in [-0.4, -0.2) is 44.2 Å². The van der Waals surface area contributed by atoms with Crippen molar-refractivity contribution < 1.29 is 19.1 Å². The average molecular weight is 381 g/mol. The summed E-state index contributed by atoms with van der Waals surface area (Å²) in [4.78, 5) is 24.1. The molecule has 1 saturated heterocycles. The molecular formula is C19H25ClN2O4. The number of carbonyl (C=O) groups is 2. The number of carbonyl (C=O) groups excluding carboxylic acids is 2. The molecule has 2 amide bonds. The normalized spacial score (nSPS) is 28.0. The molecule has 142 valence electrons. The third-order valence-electron chi connectivity index (χ3n) is 5.23. The molecule has 4 atom stereocenters. The first kappa shape index (κ1) is 19.0. The summed E-state index contributed by atoms with van der Waals surface area (Å²) in [5, 5.41) is 6.73. The van der Waals surface area contributed by atoms with Crippen molar-refractivity contribution in [3.8, 4) is 5.75 Å². The number of nitrogens with one attached hydrogen (secondary N) is 2. The lowest BCUT2D eigenvalue weighted by molar-refractivity contribution is -0.128. The fourth-order valence-corrected chi connectivity index (χ4v) is 4.18. The van der Waals surface area contributed by atoms with E-state index in [1.165, 1.54) is 0 Å². The number of hydrogen-bond acceptors (Lipinski definition) is 4. The van der Waals surface area contributed by atoms with Crippen molar-refractivity contribution in [3.05, 3.63) is 29.3 Å². The highest BCUT2D eigenvalue weighted by molar-refractivity contribution is 6.30. The molecule has 1 heterocycles. The van der Waals surface area contributed by atoms with Gasteiger partial charge < -0.3 is 20.1 Å². The Bertz CT molecular complexity index is 637. The third-order valence-corrected chi connectivity index (χ3v) is 5.48. The fraction of sp³-hybridized carbons (Fsp3) is 0.579. The van der Waals surface area contributed by atoms with Crippen LogP contribution in [-0.2, 0) is 14.3 Å². The zero-order chi connectivity index (χ0) is 18.5. The topological polar surface area (TPSA) is 76.7 Å². The average Bonchev–Trinajstić information content (AvgIpc) is 2.61. The summed E-state index contributed by atoms with van der Waals surface area (Å²) in [5.74, 6) is 1.22. The largest absolute Gasteiger partial charge is 0.484 e. The van der Waals surface area contributed by atoms with Gasteiger partial charge in [-0.25, -0.2) is 0 Å². The van der Waals surface area contributed by atoms with Gasteiger partial charge in [0, 0.05) is 37.2 Å². The lowest BCUT2D eigenvalue weighted by Gasteiger charge is -2.43. The number of methoxy groups -OCH3 is 1. The zero-order valence-electron chi connectivity index (χ0n) is 14.9. The maximum atomic E-state index is 12.2. The fourth-order valence-electron chi connectivity index (χ4n) is 4.06. The molecular weight excluding hydrogens is 356 g/mol. The van der Waals surface area contributed by atoms with Gasteiger partial charge in [-0.3, -0.25) is 9.59 Å². The van der Waals surface area contributed by atoms with Gasteiger partial charge in [-0.15, -0.1) is 0 Å². The highest BCUT2D eigenvalue weighted by Gasteiger charge is 2.40. The summed E-state index contributed by atoms with van der Waals surface area (Å²) in [7, 11) is 1.67. The van der Waals surface area contributed by atoms with Gasteiger partial charge in [-0.2, -0.15) is 0 Å². The minimum Gasteiger partial charge on any atom is -0.484 e. The maximum absolute atomic E-state index is 12.2. The summed E-state index contributed by atoms with van der Waals surface area (Å²) in [6.45, 7) is 0.575. The Labute approximate surface area is 158 Å². The maximum Gasteiger partial charge on any atom is 0.258 e. The number of fused-ring (bicyclic) bond motifs is 1. The summed E-state index contributed by atoms with van der Waals surface area (Å²) in [6.07, 6.45) is 3.16. The van der Waals surface area contributed by atoms with Crippen LogP contribution < -0.4 is 15.4 Å². The van der Waals surface area contributed by atoms with Crippen LogP contribution in [0, 0.1) is 11.8 Å².